The monoisotopic (exact) mass is 334 g/mol. The van der Waals surface area contributed by atoms with Crippen LogP contribution in [-0.2, 0) is 0 Å². The zero-order valence-electron chi connectivity index (χ0n) is 14.5. The maximum atomic E-state index is 6.30. The maximum absolute atomic E-state index is 6.30. The molecule has 2 aliphatic rings. The number of nitrogens with zero attached hydrogens (tertiary/aromatic N) is 2. The fraction of sp³-hybridized carbons (Fsp3) is 0.700. The molecule has 0 bridgehead atoms. The van der Waals surface area contributed by atoms with Crippen LogP contribution in [0.1, 0.15) is 50.0 Å². The molecule has 1 aliphatic heterocycles. The SMILES string of the molecule is CN1CCN(C[C@H](c2cccc(Cl)c2)C2CCCCCC2)CC1. The van der Waals surface area contributed by atoms with Crippen molar-refractivity contribution in [2.24, 2.45) is 5.92 Å². The largest absolute Gasteiger partial charge is 0.304 e. The summed E-state index contributed by atoms with van der Waals surface area (Å²) < 4.78 is 0. The fourth-order valence-corrected chi connectivity index (χ4v) is 4.48. The molecule has 0 unspecified atom stereocenters. The number of piperazine rings is 1. The quantitative estimate of drug-likeness (QED) is 0.740. The Hall–Kier alpha value is -0.570. The van der Waals surface area contributed by atoms with Gasteiger partial charge in [0, 0.05) is 37.7 Å². The van der Waals surface area contributed by atoms with E-state index in [1.54, 1.807) is 0 Å². The first-order chi connectivity index (χ1) is 11.2. The van der Waals surface area contributed by atoms with Crippen LogP contribution in [-0.4, -0.2) is 49.6 Å². The van der Waals surface area contributed by atoms with E-state index in [1.807, 2.05) is 6.07 Å². The molecule has 3 heteroatoms. The summed E-state index contributed by atoms with van der Waals surface area (Å²) in [5.41, 5.74) is 1.46. The highest BCUT2D eigenvalue weighted by molar-refractivity contribution is 6.30. The van der Waals surface area contributed by atoms with E-state index in [-0.39, 0.29) is 0 Å². The summed E-state index contributed by atoms with van der Waals surface area (Å²) in [6.45, 7) is 6.03. The third-order valence-electron chi connectivity index (χ3n) is 5.80. The van der Waals surface area contributed by atoms with Crippen molar-refractivity contribution in [1.29, 1.82) is 0 Å². The average Bonchev–Trinajstić information content (AvgIpc) is 2.83. The second-order valence-corrected chi connectivity index (χ2v) is 7.95. The molecule has 0 radical (unpaired) electrons. The maximum Gasteiger partial charge on any atom is 0.0408 e. The van der Waals surface area contributed by atoms with Crippen LogP contribution in [0, 0.1) is 5.92 Å². The van der Waals surface area contributed by atoms with Gasteiger partial charge in [0.15, 0.2) is 0 Å². The lowest BCUT2D eigenvalue weighted by Gasteiger charge is -2.37. The lowest BCUT2D eigenvalue weighted by Crippen LogP contribution is -2.46. The number of benzene rings is 1. The van der Waals surface area contributed by atoms with Crippen molar-refractivity contribution in [2.45, 2.75) is 44.4 Å². The van der Waals surface area contributed by atoms with Crippen LogP contribution in [0.15, 0.2) is 24.3 Å². The average molecular weight is 335 g/mol. The second-order valence-electron chi connectivity index (χ2n) is 7.52. The number of hydrogen-bond donors (Lipinski definition) is 0. The van der Waals surface area contributed by atoms with Crippen LogP contribution in [0.3, 0.4) is 0 Å². The zero-order valence-corrected chi connectivity index (χ0v) is 15.3. The Balaban J connectivity index is 1.75. The molecular weight excluding hydrogens is 304 g/mol. The number of hydrogen-bond acceptors (Lipinski definition) is 2. The highest BCUT2D eigenvalue weighted by Crippen LogP contribution is 2.36. The van der Waals surface area contributed by atoms with Gasteiger partial charge in [0.2, 0.25) is 0 Å². The highest BCUT2D eigenvalue weighted by atomic mass is 35.5. The van der Waals surface area contributed by atoms with Crippen LogP contribution in [0.4, 0.5) is 0 Å². The summed E-state index contributed by atoms with van der Waals surface area (Å²) in [5, 5.41) is 0.888. The van der Waals surface area contributed by atoms with Gasteiger partial charge in [-0.3, -0.25) is 0 Å². The molecule has 0 spiro atoms. The minimum absolute atomic E-state index is 0.648. The molecule has 128 valence electrons. The molecular formula is C20H31ClN2. The van der Waals surface area contributed by atoms with Gasteiger partial charge in [0.25, 0.3) is 0 Å². The third kappa shape index (κ3) is 4.95. The normalized spacial score (nSPS) is 23.6. The van der Waals surface area contributed by atoms with E-state index >= 15 is 0 Å². The van der Waals surface area contributed by atoms with Crippen LogP contribution in [0.5, 0.6) is 0 Å². The molecule has 1 atom stereocenters. The first kappa shape index (κ1) is 17.3. The zero-order chi connectivity index (χ0) is 16.1. The van der Waals surface area contributed by atoms with E-state index in [0.717, 1.165) is 10.9 Å². The van der Waals surface area contributed by atoms with Gasteiger partial charge < -0.3 is 9.80 Å². The van der Waals surface area contributed by atoms with Crippen LogP contribution >= 0.6 is 11.6 Å². The van der Waals surface area contributed by atoms with Crippen molar-refractivity contribution in [3.63, 3.8) is 0 Å². The first-order valence-corrected chi connectivity index (χ1v) is 9.76. The Morgan fingerprint density at radius 2 is 1.74 bits per heavy atom. The van der Waals surface area contributed by atoms with Gasteiger partial charge in [-0.25, -0.2) is 0 Å². The molecule has 1 saturated heterocycles. The summed E-state index contributed by atoms with van der Waals surface area (Å²) in [6.07, 6.45) is 8.45. The number of likely N-dealkylation sites (N-methyl/N-ethyl adjacent to an activating group) is 1. The van der Waals surface area contributed by atoms with Gasteiger partial charge in [-0.2, -0.15) is 0 Å². The van der Waals surface area contributed by atoms with E-state index in [0.29, 0.717) is 5.92 Å². The van der Waals surface area contributed by atoms with Crippen LogP contribution in [0.25, 0.3) is 0 Å². The molecule has 23 heavy (non-hydrogen) atoms. The predicted octanol–water partition coefficient (Wildman–Crippen LogP) is 4.64. The molecule has 2 fully saturated rings. The summed E-state index contributed by atoms with van der Waals surface area (Å²) in [4.78, 5) is 5.12. The van der Waals surface area contributed by atoms with Crippen molar-refractivity contribution in [1.82, 2.24) is 9.80 Å². The van der Waals surface area contributed by atoms with Crippen molar-refractivity contribution < 1.29 is 0 Å². The molecule has 3 rings (SSSR count). The van der Waals surface area contributed by atoms with Gasteiger partial charge in [0.1, 0.15) is 0 Å². The Labute approximate surface area is 146 Å². The minimum Gasteiger partial charge on any atom is -0.304 e. The Morgan fingerprint density at radius 3 is 2.39 bits per heavy atom. The summed E-state index contributed by atoms with van der Waals surface area (Å²) >= 11 is 6.30. The standard InChI is InChI=1S/C20H31ClN2/c1-22-11-13-23(14-12-22)16-20(17-7-4-2-3-5-8-17)18-9-6-10-19(21)15-18/h6,9-10,15,17,20H,2-5,7-8,11-14,16H2,1H3/t20-/m0/s1. The Kier molecular flexibility index (Phi) is 6.38. The highest BCUT2D eigenvalue weighted by Gasteiger charge is 2.27. The summed E-state index contributed by atoms with van der Waals surface area (Å²) in [5.74, 6) is 1.48. The second kappa shape index (κ2) is 8.50. The molecule has 2 nitrogen and oxygen atoms in total. The van der Waals surface area contributed by atoms with Crippen LogP contribution in [0.2, 0.25) is 5.02 Å². The smallest absolute Gasteiger partial charge is 0.0408 e. The van der Waals surface area contributed by atoms with Crippen molar-refractivity contribution in [3.8, 4) is 0 Å². The molecule has 1 heterocycles. The topological polar surface area (TPSA) is 6.48 Å². The van der Waals surface area contributed by atoms with Gasteiger partial charge in [0.05, 0.1) is 0 Å². The Morgan fingerprint density at radius 1 is 1.04 bits per heavy atom. The molecule has 1 aromatic carbocycles. The summed E-state index contributed by atoms with van der Waals surface area (Å²) in [6, 6.07) is 8.65. The molecule has 1 saturated carbocycles. The molecule has 0 amide bonds. The van der Waals surface area contributed by atoms with E-state index < -0.39 is 0 Å². The van der Waals surface area contributed by atoms with E-state index in [4.69, 9.17) is 11.6 Å². The molecule has 0 N–H and O–H groups in total. The van der Waals surface area contributed by atoms with Gasteiger partial charge in [-0.15, -0.1) is 0 Å². The van der Waals surface area contributed by atoms with E-state index in [1.165, 1.54) is 76.8 Å². The van der Waals surface area contributed by atoms with Crippen LogP contribution < -0.4 is 0 Å². The van der Waals surface area contributed by atoms with E-state index in [9.17, 15) is 0 Å². The number of halogens is 1. The van der Waals surface area contributed by atoms with Gasteiger partial charge >= 0.3 is 0 Å². The molecule has 0 aromatic heterocycles. The van der Waals surface area contributed by atoms with Gasteiger partial charge in [-0.1, -0.05) is 49.4 Å². The lowest BCUT2D eigenvalue weighted by molar-refractivity contribution is 0.135. The van der Waals surface area contributed by atoms with E-state index in [2.05, 4.69) is 35.0 Å². The van der Waals surface area contributed by atoms with Crippen molar-refractivity contribution >= 4 is 11.6 Å². The molecule has 1 aromatic rings. The van der Waals surface area contributed by atoms with Crippen molar-refractivity contribution in [3.05, 3.63) is 34.9 Å². The molecule has 1 aliphatic carbocycles. The Bertz CT molecular complexity index is 474. The minimum atomic E-state index is 0.648. The third-order valence-corrected chi connectivity index (χ3v) is 6.03. The van der Waals surface area contributed by atoms with Gasteiger partial charge in [-0.05, 0) is 49.4 Å². The number of rotatable bonds is 4. The van der Waals surface area contributed by atoms with Crippen molar-refractivity contribution in [2.75, 3.05) is 39.8 Å². The first-order valence-electron chi connectivity index (χ1n) is 9.39. The summed E-state index contributed by atoms with van der Waals surface area (Å²) in [7, 11) is 2.23. The predicted molar refractivity (Wildman–Crippen MR) is 99.3 cm³/mol. The lowest BCUT2D eigenvalue weighted by atomic mass is 9.81. The fourth-order valence-electron chi connectivity index (χ4n) is 4.29.